The fraction of sp³-hybridized carbons (Fsp3) is 0.450. The van der Waals surface area contributed by atoms with Gasteiger partial charge in [-0.25, -0.2) is 4.68 Å². The van der Waals surface area contributed by atoms with Crippen molar-refractivity contribution in [2.45, 2.75) is 38.3 Å². The number of carbonyl (C=O) groups is 1. The number of carbonyl (C=O) groups excluding carboxylic acids is 1. The number of hydrogen-bond acceptors (Lipinski definition) is 4. The fourth-order valence-corrected chi connectivity index (χ4v) is 3.25. The molecular formula is C20H23N3O3. The Labute approximate surface area is 152 Å². The Kier molecular flexibility index (Phi) is 4.73. The van der Waals surface area contributed by atoms with Gasteiger partial charge in [0, 0.05) is 12.1 Å². The molecule has 2 aromatic rings. The maximum absolute atomic E-state index is 12.6. The third-order valence-electron chi connectivity index (χ3n) is 4.97. The van der Waals surface area contributed by atoms with Crippen molar-refractivity contribution < 1.29 is 9.53 Å². The minimum Gasteiger partial charge on any atom is -0.492 e. The Morgan fingerprint density at radius 1 is 1.12 bits per heavy atom. The summed E-state index contributed by atoms with van der Waals surface area (Å²) in [5.41, 5.74) is 0.0507. The van der Waals surface area contributed by atoms with Gasteiger partial charge < -0.3 is 10.1 Å². The fourth-order valence-electron chi connectivity index (χ4n) is 3.25. The van der Waals surface area contributed by atoms with Crippen molar-refractivity contribution in [2.75, 3.05) is 6.61 Å². The lowest BCUT2D eigenvalue weighted by Gasteiger charge is -2.17. The normalized spacial score (nSPS) is 16.5. The molecule has 1 heterocycles. The molecule has 6 nitrogen and oxygen atoms in total. The highest BCUT2D eigenvalue weighted by atomic mass is 16.5. The number of aromatic nitrogens is 2. The van der Waals surface area contributed by atoms with Crippen LogP contribution < -0.4 is 15.6 Å². The van der Waals surface area contributed by atoms with Crippen molar-refractivity contribution in [2.24, 2.45) is 11.8 Å². The number of para-hydroxylation sites is 1. The largest absolute Gasteiger partial charge is 0.492 e. The van der Waals surface area contributed by atoms with Crippen LogP contribution in [0.15, 0.2) is 47.3 Å². The molecule has 1 N–H and O–H groups in total. The van der Waals surface area contributed by atoms with Gasteiger partial charge >= 0.3 is 0 Å². The minimum atomic E-state index is -0.237. The maximum atomic E-state index is 12.6. The van der Waals surface area contributed by atoms with Crippen molar-refractivity contribution in [3.63, 3.8) is 0 Å². The van der Waals surface area contributed by atoms with E-state index in [0.717, 1.165) is 5.75 Å². The molecule has 0 unspecified atom stereocenters. The van der Waals surface area contributed by atoms with Gasteiger partial charge in [0.15, 0.2) is 0 Å². The van der Waals surface area contributed by atoms with E-state index in [2.05, 4.69) is 10.4 Å². The molecule has 0 saturated heterocycles. The lowest BCUT2D eigenvalue weighted by molar-refractivity contribution is 0.0918. The number of ether oxygens (including phenoxy) is 1. The van der Waals surface area contributed by atoms with Crippen molar-refractivity contribution in [3.05, 3.63) is 58.5 Å². The Hall–Kier alpha value is -2.63. The average Bonchev–Trinajstić information content (AvgIpc) is 3.56. The first kappa shape index (κ1) is 16.8. The van der Waals surface area contributed by atoms with E-state index in [4.69, 9.17) is 4.74 Å². The first-order valence-corrected chi connectivity index (χ1v) is 9.27. The first-order chi connectivity index (χ1) is 12.7. The monoisotopic (exact) mass is 353 g/mol. The molecule has 136 valence electrons. The summed E-state index contributed by atoms with van der Waals surface area (Å²) < 4.78 is 6.90. The standard InChI is InChI=1S/C20H23N3O3/c24-18-11-10-17(20(25)21-19(14-6-7-14)15-8-9-15)22-23(18)12-13-26-16-4-2-1-3-5-16/h1-5,10-11,14-15,19H,6-9,12-13H2,(H,21,25). The van der Waals surface area contributed by atoms with E-state index in [9.17, 15) is 9.59 Å². The summed E-state index contributed by atoms with van der Waals surface area (Å²) in [7, 11) is 0. The maximum Gasteiger partial charge on any atom is 0.271 e. The van der Waals surface area contributed by atoms with Crippen LogP contribution in [0.3, 0.4) is 0 Å². The second-order valence-electron chi connectivity index (χ2n) is 7.12. The number of hydrogen-bond donors (Lipinski definition) is 1. The van der Waals surface area contributed by atoms with Crippen LogP contribution in [0, 0.1) is 11.8 Å². The quantitative estimate of drug-likeness (QED) is 0.790. The van der Waals surface area contributed by atoms with Crippen molar-refractivity contribution in [3.8, 4) is 5.75 Å². The minimum absolute atomic E-state index is 0.188. The van der Waals surface area contributed by atoms with E-state index in [1.165, 1.54) is 42.5 Å². The highest BCUT2D eigenvalue weighted by Crippen LogP contribution is 2.44. The molecule has 0 aliphatic heterocycles. The average molecular weight is 353 g/mol. The number of nitrogens with zero attached hydrogens (tertiary/aromatic N) is 2. The van der Waals surface area contributed by atoms with Crippen LogP contribution in [0.2, 0.25) is 0 Å². The molecule has 4 rings (SSSR count). The molecule has 0 bridgehead atoms. The summed E-state index contributed by atoms with van der Waals surface area (Å²) in [6.45, 7) is 0.609. The Morgan fingerprint density at radius 3 is 2.46 bits per heavy atom. The third-order valence-corrected chi connectivity index (χ3v) is 4.97. The first-order valence-electron chi connectivity index (χ1n) is 9.27. The van der Waals surface area contributed by atoms with E-state index in [1.54, 1.807) is 0 Å². The molecule has 2 aliphatic rings. The molecule has 2 saturated carbocycles. The molecular weight excluding hydrogens is 330 g/mol. The van der Waals surface area contributed by atoms with Gasteiger partial charge in [-0.2, -0.15) is 5.10 Å². The second kappa shape index (κ2) is 7.32. The highest BCUT2D eigenvalue weighted by Gasteiger charge is 2.42. The molecule has 1 aromatic carbocycles. The van der Waals surface area contributed by atoms with Crippen LogP contribution in [0.4, 0.5) is 0 Å². The number of amides is 1. The van der Waals surface area contributed by atoms with Gasteiger partial charge in [0.2, 0.25) is 0 Å². The molecule has 0 atom stereocenters. The van der Waals surface area contributed by atoms with Gasteiger partial charge in [0.25, 0.3) is 11.5 Å². The van der Waals surface area contributed by atoms with E-state index in [-0.39, 0.29) is 23.2 Å². The smallest absolute Gasteiger partial charge is 0.271 e. The lowest BCUT2D eigenvalue weighted by Crippen LogP contribution is -2.39. The van der Waals surface area contributed by atoms with Crippen molar-refractivity contribution in [1.29, 1.82) is 0 Å². The number of nitrogens with one attached hydrogen (secondary N) is 1. The summed E-state index contributed by atoms with van der Waals surface area (Å²) in [6, 6.07) is 12.6. The zero-order valence-corrected chi connectivity index (χ0v) is 14.6. The highest BCUT2D eigenvalue weighted by molar-refractivity contribution is 5.92. The van der Waals surface area contributed by atoms with Crippen LogP contribution in [0.1, 0.15) is 36.2 Å². The molecule has 26 heavy (non-hydrogen) atoms. The van der Waals surface area contributed by atoms with Crippen LogP contribution in [-0.2, 0) is 6.54 Å². The summed E-state index contributed by atoms with van der Waals surface area (Å²) in [6.07, 6.45) is 4.80. The van der Waals surface area contributed by atoms with E-state index < -0.39 is 0 Å². The van der Waals surface area contributed by atoms with Crippen LogP contribution in [0.5, 0.6) is 5.75 Å². The Morgan fingerprint density at radius 2 is 1.81 bits per heavy atom. The van der Waals surface area contributed by atoms with Crippen molar-refractivity contribution in [1.82, 2.24) is 15.1 Å². The predicted octanol–water partition coefficient (Wildman–Crippen LogP) is 2.24. The van der Waals surface area contributed by atoms with Gasteiger partial charge in [-0.05, 0) is 55.7 Å². The van der Waals surface area contributed by atoms with Crippen molar-refractivity contribution >= 4 is 5.91 Å². The predicted molar refractivity (Wildman–Crippen MR) is 97.1 cm³/mol. The molecule has 6 heteroatoms. The summed E-state index contributed by atoms with van der Waals surface area (Å²) in [4.78, 5) is 24.6. The van der Waals surface area contributed by atoms with Gasteiger partial charge in [-0.15, -0.1) is 0 Å². The third kappa shape index (κ3) is 4.12. The van der Waals surface area contributed by atoms with Crippen LogP contribution >= 0.6 is 0 Å². The van der Waals surface area contributed by atoms with E-state index >= 15 is 0 Å². The number of rotatable bonds is 8. The second-order valence-corrected chi connectivity index (χ2v) is 7.12. The number of benzene rings is 1. The molecule has 0 radical (unpaired) electrons. The lowest BCUT2D eigenvalue weighted by atomic mass is 10.1. The molecule has 0 spiro atoms. The van der Waals surface area contributed by atoms with E-state index in [0.29, 0.717) is 25.0 Å². The zero-order valence-electron chi connectivity index (χ0n) is 14.6. The summed E-state index contributed by atoms with van der Waals surface area (Å²) >= 11 is 0. The van der Waals surface area contributed by atoms with Crippen LogP contribution in [0.25, 0.3) is 0 Å². The SMILES string of the molecule is O=C(NC(C1CC1)C1CC1)c1ccc(=O)n(CCOc2ccccc2)n1. The van der Waals surface area contributed by atoms with Gasteiger partial charge in [0.1, 0.15) is 18.1 Å². The Balaban J connectivity index is 1.38. The molecule has 2 aliphatic carbocycles. The topological polar surface area (TPSA) is 73.2 Å². The van der Waals surface area contributed by atoms with Crippen LogP contribution in [-0.4, -0.2) is 28.3 Å². The molecule has 1 amide bonds. The zero-order chi connectivity index (χ0) is 17.9. The van der Waals surface area contributed by atoms with E-state index in [1.807, 2.05) is 30.3 Å². The summed E-state index contributed by atoms with van der Waals surface area (Å²) in [5, 5.41) is 7.37. The Bertz CT molecular complexity index is 814. The van der Waals surface area contributed by atoms with Gasteiger partial charge in [-0.1, -0.05) is 18.2 Å². The van der Waals surface area contributed by atoms with Gasteiger partial charge in [-0.3, -0.25) is 9.59 Å². The molecule has 2 fully saturated rings. The molecule has 1 aromatic heterocycles. The van der Waals surface area contributed by atoms with Gasteiger partial charge in [0.05, 0.1) is 6.54 Å². The summed E-state index contributed by atoms with van der Waals surface area (Å²) in [5.74, 6) is 1.80.